The van der Waals surface area contributed by atoms with Crippen molar-refractivity contribution in [1.82, 2.24) is 0 Å². The highest BCUT2D eigenvalue weighted by molar-refractivity contribution is 5.97. The smallest absolute Gasteiger partial charge is 0.271 e. The summed E-state index contributed by atoms with van der Waals surface area (Å²) in [6, 6.07) is 4.73. The molecular weight excluding hydrogens is 248 g/mol. The van der Waals surface area contributed by atoms with E-state index in [2.05, 4.69) is 0 Å². The number of ether oxygens (including phenoxy) is 1. The van der Waals surface area contributed by atoms with Gasteiger partial charge in [0.25, 0.3) is 5.69 Å². The number of nitro groups is 1. The van der Waals surface area contributed by atoms with Crippen LogP contribution in [0.1, 0.15) is 12.0 Å². The van der Waals surface area contributed by atoms with Gasteiger partial charge in [0.1, 0.15) is 0 Å². The lowest BCUT2D eigenvalue weighted by molar-refractivity contribution is -0.384. The second-order valence-electron chi connectivity index (χ2n) is 4.87. The Morgan fingerprint density at radius 2 is 2.32 bits per heavy atom. The summed E-state index contributed by atoms with van der Waals surface area (Å²) in [5.74, 6) is -0.0815. The predicted molar refractivity (Wildman–Crippen MR) is 68.1 cm³/mol. The third kappa shape index (κ3) is 2.08. The molecule has 0 radical (unpaired) electrons. The number of benzene rings is 1. The largest absolute Gasteiger partial charge is 0.381 e. The number of rotatable bonds is 2. The van der Waals surface area contributed by atoms with Crippen molar-refractivity contribution < 1.29 is 14.5 Å². The average molecular weight is 262 g/mol. The van der Waals surface area contributed by atoms with Crippen molar-refractivity contribution in [2.24, 2.45) is 5.92 Å². The molecule has 1 aromatic carbocycles. The molecule has 0 aliphatic carbocycles. The van der Waals surface area contributed by atoms with Crippen molar-refractivity contribution in [3.05, 3.63) is 33.9 Å². The van der Waals surface area contributed by atoms with Crippen molar-refractivity contribution in [3.8, 4) is 0 Å². The van der Waals surface area contributed by atoms with Gasteiger partial charge >= 0.3 is 0 Å². The standard InChI is InChI=1S/C13H14N2O4/c16-13(10-4-6-19-8-10)14-5-3-9-1-2-11(15(17)18)7-12(9)14/h1-2,7,10H,3-6,8H2. The number of hydrogen-bond donors (Lipinski definition) is 0. The van der Waals surface area contributed by atoms with Gasteiger partial charge in [0.2, 0.25) is 5.91 Å². The van der Waals surface area contributed by atoms with E-state index < -0.39 is 4.92 Å². The van der Waals surface area contributed by atoms with Crippen LogP contribution in [0.2, 0.25) is 0 Å². The van der Waals surface area contributed by atoms with Crippen molar-refractivity contribution in [3.63, 3.8) is 0 Å². The molecule has 2 aliphatic heterocycles. The van der Waals surface area contributed by atoms with Gasteiger partial charge in [-0.3, -0.25) is 14.9 Å². The highest BCUT2D eigenvalue weighted by Gasteiger charge is 2.33. The fraction of sp³-hybridized carbons (Fsp3) is 0.462. The number of anilines is 1. The maximum Gasteiger partial charge on any atom is 0.271 e. The van der Waals surface area contributed by atoms with Crippen LogP contribution in [0.3, 0.4) is 0 Å². The first-order valence-corrected chi connectivity index (χ1v) is 6.33. The third-order valence-corrected chi connectivity index (χ3v) is 3.72. The summed E-state index contributed by atoms with van der Waals surface area (Å²) in [7, 11) is 0. The van der Waals surface area contributed by atoms with E-state index in [0.29, 0.717) is 25.4 Å². The molecule has 2 aliphatic rings. The second-order valence-corrected chi connectivity index (χ2v) is 4.87. The summed E-state index contributed by atoms with van der Waals surface area (Å²) in [5.41, 5.74) is 1.71. The summed E-state index contributed by atoms with van der Waals surface area (Å²) < 4.78 is 5.23. The number of non-ortho nitro benzene ring substituents is 1. The molecule has 2 heterocycles. The van der Waals surface area contributed by atoms with Crippen LogP contribution in [0.4, 0.5) is 11.4 Å². The first kappa shape index (κ1) is 12.1. The van der Waals surface area contributed by atoms with Crippen LogP contribution in [0.15, 0.2) is 18.2 Å². The van der Waals surface area contributed by atoms with Gasteiger partial charge in [-0.15, -0.1) is 0 Å². The van der Waals surface area contributed by atoms with Crippen LogP contribution < -0.4 is 4.90 Å². The molecule has 0 aromatic heterocycles. The maximum absolute atomic E-state index is 12.4. The molecule has 6 heteroatoms. The summed E-state index contributed by atoms with van der Waals surface area (Å²) in [4.78, 5) is 24.4. The van der Waals surface area contributed by atoms with Crippen molar-refractivity contribution >= 4 is 17.3 Å². The molecule has 1 fully saturated rings. The zero-order valence-corrected chi connectivity index (χ0v) is 10.4. The summed E-state index contributed by atoms with van der Waals surface area (Å²) >= 11 is 0. The van der Waals surface area contributed by atoms with E-state index in [1.807, 2.05) is 0 Å². The number of fused-ring (bicyclic) bond motifs is 1. The summed E-state index contributed by atoms with van der Waals surface area (Å²) in [6.07, 6.45) is 1.49. The van der Waals surface area contributed by atoms with E-state index in [0.717, 1.165) is 18.4 Å². The van der Waals surface area contributed by atoms with Crippen LogP contribution in [0.5, 0.6) is 0 Å². The fourth-order valence-corrected chi connectivity index (χ4v) is 2.66. The fourth-order valence-electron chi connectivity index (χ4n) is 2.66. The van der Waals surface area contributed by atoms with Crippen LogP contribution in [-0.4, -0.2) is 30.6 Å². The lowest BCUT2D eigenvalue weighted by Crippen LogP contribution is -2.35. The SMILES string of the molecule is O=C(C1CCOC1)N1CCc2ccc([N+](=O)[O-])cc21. The zero-order valence-electron chi connectivity index (χ0n) is 10.4. The lowest BCUT2D eigenvalue weighted by atomic mass is 10.1. The predicted octanol–water partition coefficient (Wildman–Crippen LogP) is 1.52. The Morgan fingerprint density at radius 3 is 3.00 bits per heavy atom. The second kappa shape index (κ2) is 4.62. The molecule has 1 saturated heterocycles. The number of nitro benzene ring substituents is 1. The Hall–Kier alpha value is -1.95. The van der Waals surface area contributed by atoms with Gasteiger partial charge in [0, 0.05) is 25.3 Å². The van der Waals surface area contributed by atoms with Crippen molar-refractivity contribution in [1.29, 1.82) is 0 Å². The molecule has 3 rings (SSSR count). The monoisotopic (exact) mass is 262 g/mol. The minimum atomic E-state index is -0.431. The first-order chi connectivity index (χ1) is 9.16. The molecule has 0 N–H and O–H groups in total. The topological polar surface area (TPSA) is 72.7 Å². The Labute approximate surface area is 110 Å². The molecule has 100 valence electrons. The van der Waals surface area contributed by atoms with Crippen LogP contribution in [-0.2, 0) is 16.0 Å². The van der Waals surface area contributed by atoms with E-state index in [4.69, 9.17) is 4.74 Å². The number of nitrogens with zero attached hydrogens (tertiary/aromatic N) is 2. The third-order valence-electron chi connectivity index (χ3n) is 3.72. The van der Waals surface area contributed by atoms with Crippen LogP contribution in [0, 0.1) is 16.0 Å². The van der Waals surface area contributed by atoms with Gasteiger partial charge in [0.15, 0.2) is 0 Å². The zero-order chi connectivity index (χ0) is 13.4. The molecule has 0 bridgehead atoms. The number of hydrogen-bond acceptors (Lipinski definition) is 4. The van der Waals surface area contributed by atoms with Crippen molar-refractivity contribution in [2.75, 3.05) is 24.7 Å². The van der Waals surface area contributed by atoms with Gasteiger partial charge < -0.3 is 9.64 Å². The summed E-state index contributed by atoms with van der Waals surface area (Å²) in [6.45, 7) is 1.68. The molecule has 1 aromatic rings. The molecule has 1 atom stereocenters. The number of carbonyl (C=O) groups is 1. The molecule has 0 saturated carbocycles. The highest BCUT2D eigenvalue weighted by atomic mass is 16.6. The Bertz CT molecular complexity index is 537. The lowest BCUT2D eigenvalue weighted by Gasteiger charge is -2.20. The maximum atomic E-state index is 12.4. The van der Waals surface area contributed by atoms with E-state index in [-0.39, 0.29) is 17.5 Å². The molecule has 1 unspecified atom stereocenters. The Balaban J connectivity index is 1.89. The summed E-state index contributed by atoms with van der Waals surface area (Å²) in [5, 5.41) is 10.8. The number of amides is 1. The van der Waals surface area contributed by atoms with E-state index in [9.17, 15) is 14.9 Å². The van der Waals surface area contributed by atoms with E-state index in [1.165, 1.54) is 12.1 Å². The van der Waals surface area contributed by atoms with Crippen LogP contribution >= 0.6 is 0 Å². The Morgan fingerprint density at radius 1 is 1.47 bits per heavy atom. The minimum absolute atomic E-state index is 0.0248. The first-order valence-electron chi connectivity index (χ1n) is 6.33. The molecule has 0 spiro atoms. The van der Waals surface area contributed by atoms with Gasteiger partial charge in [-0.2, -0.15) is 0 Å². The Kier molecular flexibility index (Phi) is 2.94. The van der Waals surface area contributed by atoms with E-state index >= 15 is 0 Å². The minimum Gasteiger partial charge on any atom is -0.381 e. The molecule has 6 nitrogen and oxygen atoms in total. The normalized spacial score (nSPS) is 21.5. The van der Waals surface area contributed by atoms with Crippen molar-refractivity contribution in [2.45, 2.75) is 12.8 Å². The van der Waals surface area contributed by atoms with Gasteiger partial charge in [-0.1, -0.05) is 6.07 Å². The molecule has 1 amide bonds. The van der Waals surface area contributed by atoms with Crippen LogP contribution in [0.25, 0.3) is 0 Å². The highest BCUT2D eigenvalue weighted by Crippen LogP contribution is 2.33. The van der Waals surface area contributed by atoms with Gasteiger partial charge in [-0.05, 0) is 18.4 Å². The average Bonchev–Trinajstić information content (AvgIpc) is 3.06. The number of carbonyl (C=O) groups excluding carboxylic acids is 1. The molecule has 19 heavy (non-hydrogen) atoms. The molecular formula is C13H14N2O4. The van der Waals surface area contributed by atoms with Gasteiger partial charge in [0.05, 0.1) is 23.1 Å². The quantitative estimate of drug-likeness (QED) is 0.598. The van der Waals surface area contributed by atoms with Gasteiger partial charge in [-0.25, -0.2) is 0 Å². The van der Waals surface area contributed by atoms with E-state index in [1.54, 1.807) is 11.0 Å².